The number of aliphatic carboxylic acids is 1. The van der Waals surface area contributed by atoms with Crippen LogP contribution in [0.1, 0.15) is 12.8 Å². The smallest absolute Gasteiger partial charge is 0.220 e. The first kappa shape index (κ1) is 7.94. The third-order valence-electron chi connectivity index (χ3n) is 0.835. The highest BCUT2D eigenvalue weighted by atomic mass is 16.4. The Morgan fingerprint density at radius 2 is 2.00 bits per heavy atom. The summed E-state index contributed by atoms with van der Waals surface area (Å²) in [5.74, 6) is -1.47. The van der Waals surface area contributed by atoms with E-state index in [1.807, 2.05) is 0 Å². The number of hydrogen-bond donors (Lipinski definition) is 1. The molecular formula is C5H8NO3-. The van der Waals surface area contributed by atoms with Crippen LogP contribution in [0.15, 0.2) is 0 Å². The standard InChI is InChI=1S/C5H9NO3/c1-6-4(7)2-3-5(8)9/h2-3H2,1H3,(H,6,7)(H,8,9)/p-1. The highest BCUT2D eigenvalue weighted by Gasteiger charge is 1.95. The molecule has 52 valence electrons. The molecule has 0 rings (SSSR count). The molecule has 0 bridgehead atoms. The van der Waals surface area contributed by atoms with E-state index >= 15 is 0 Å². The average Bonchev–Trinajstić information content (AvgIpc) is 1.83. The van der Waals surface area contributed by atoms with Crippen molar-refractivity contribution in [3.8, 4) is 0 Å². The topological polar surface area (TPSA) is 69.2 Å². The van der Waals surface area contributed by atoms with Crippen molar-refractivity contribution in [2.24, 2.45) is 0 Å². The van der Waals surface area contributed by atoms with Crippen LogP contribution in [0.25, 0.3) is 0 Å². The molecule has 0 radical (unpaired) electrons. The molecule has 0 fully saturated rings. The molecule has 0 heterocycles. The van der Waals surface area contributed by atoms with Gasteiger partial charge in [0.2, 0.25) is 5.91 Å². The zero-order valence-electron chi connectivity index (χ0n) is 5.14. The molecule has 4 nitrogen and oxygen atoms in total. The molecule has 0 spiro atoms. The number of rotatable bonds is 3. The van der Waals surface area contributed by atoms with E-state index in [1.165, 1.54) is 7.05 Å². The Morgan fingerprint density at radius 3 is 2.33 bits per heavy atom. The van der Waals surface area contributed by atoms with Gasteiger partial charge in [0.1, 0.15) is 0 Å². The van der Waals surface area contributed by atoms with Crippen LogP contribution < -0.4 is 10.4 Å². The second kappa shape index (κ2) is 3.88. The van der Waals surface area contributed by atoms with Crippen LogP contribution in [0.3, 0.4) is 0 Å². The van der Waals surface area contributed by atoms with Gasteiger partial charge in [0.25, 0.3) is 0 Å². The maximum absolute atomic E-state index is 10.3. The maximum atomic E-state index is 10.3. The molecule has 0 saturated carbocycles. The van der Waals surface area contributed by atoms with Gasteiger partial charge in [-0.15, -0.1) is 0 Å². The van der Waals surface area contributed by atoms with Crippen molar-refractivity contribution in [3.05, 3.63) is 0 Å². The summed E-state index contributed by atoms with van der Waals surface area (Å²) in [5.41, 5.74) is 0. The summed E-state index contributed by atoms with van der Waals surface area (Å²) >= 11 is 0. The molecule has 0 aliphatic heterocycles. The number of nitrogens with one attached hydrogen (secondary N) is 1. The highest BCUT2D eigenvalue weighted by Crippen LogP contribution is 1.84. The van der Waals surface area contributed by atoms with Crippen molar-refractivity contribution < 1.29 is 14.7 Å². The normalized spacial score (nSPS) is 8.56. The first-order valence-electron chi connectivity index (χ1n) is 2.57. The molecule has 1 N–H and O–H groups in total. The van der Waals surface area contributed by atoms with Crippen molar-refractivity contribution in [1.29, 1.82) is 0 Å². The van der Waals surface area contributed by atoms with Crippen molar-refractivity contribution >= 4 is 11.9 Å². The number of carbonyl (C=O) groups excluding carboxylic acids is 2. The van der Waals surface area contributed by atoms with E-state index in [0.29, 0.717) is 0 Å². The second-order valence-corrected chi connectivity index (χ2v) is 1.55. The van der Waals surface area contributed by atoms with Gasteiger partial charge >= 0.3 is 0 Å². The number of carboxylic acid groups (broad SMARTS) is 1. The van der Waals surface area contributed by atoms with Crippen molar-refractivity contribution in [2.45, 2.75) is 12.8 Å². The Bertz CT molecular complexity index is 121. The summed E-state index contributed by atoms with van der Waals surface area (Å²) in [6, 6.07) is 0. The largest absolute Gasteiger partial charge is 0.550 e. The van der Waals surface area contributed by atoms with E-state index in [9.17, 15) is 14.7 Å². The summed E-state index contributed by atoms with van der Waals surface area (Å²) in [6.07, 6.45) is -0.210. The third-order valence-corrected chi connectivity index (χ3v) is 0.835. The van der Waals surface area contributed by atoms with Gasteiger partial charge in [-0.2, -0.15) is 0 Å². The fraction of sp³-hybridized carbons (Fsp3) is 0.600. The van der Waals surface area contributed by atoms with E-state index in [0.717, 1.165) is 0 Å². The third kappa shape index (κ3) is 4.80. The minimum atomic E-state index is -1.20. The van der Waals surface area contributed by atoms with Gasteiger partial charge < -0.3 is 15.2 Å². The first-order valence-corrected chi connectivity index (χ1v) is 2.57. The summed E-state index contributed by atoms with van der Waals surface area (Å²) in [6.45, 7) is 0. The van der Waals surface area contributed by atoms with Crippen LogP contribution in [-0.2, 0) is 9.59 Å². The van der Waals surface area contributed by atoms with Gasteiger partial charge in [0, 0.05) is 19.4 Å². The molecule has 9 heavy (non-hydrogen) atoms. The molecule has 0 saturated heterocycles. The molecule has 4 heteroatoms. The lowest BCUT2D eigenvalue weighted by Crippen LogP contribution is -2.25. The van der Waals surface area contributed by atoms with Gasteiger partial charge in [-0.3, -0.25) is 4.79 Å². The molecular weight excluding hydrogens is 122 g/mol. The Morgan fingerprint density at radius 1 is 1.44 bits per heavy atom. The van der Waals surface area contributed by atoms with Gasteiger partial charge in [-0.1, -0.05) is 0 Å². The van der Waals surface area contributed by atoms with Crippen LogP contribution >= 0.6 is 0 Å². The molecule has 0 aliphatic rings. The summed E-state index contributed by atoms with van der Waals surface area (Å²) in [4.78, 5) is 20.0. The van der Waals surface area contributed by atoms with E-state index in [-0.39, 0.29) is 18.7 Å². The molecule has 0 aliphatic carbocycles. The summed E-state index contributed by atoms with van der Waals surface area (Å²) in [7, 11) is 1.46. The van der Waals surface area contributed by atoms with Crippen LogP contribution in [0, 0.1) is 0 Å². The Balaban J connectivity index is 3.28. The Hall–Kier alpha value is -1.06. The molecule has 0 aromatic carbocycles. The lowest BCUT2D eigenvalue weighted by Gasteiger charge is -1.98. The molecule has 0 aromatic heterocycles. The van der Waals surface area contributed by atoms with Crippen LogP contribution in [0.4, 0.5) is 0 Å². The lowest BCUT2D eigenvalue weighted by molar-refractivity contribution is -0.305. The van der Waals surface area contributed by atoms with Gasteiger partial charge in [-0.05, 0) is 6.42 Å². The highest BCUT2D eigenvalue weighted by molar-refractivity contribution is 5.79. The monoisotopic (exact) mass is 130 g/mol. The quantitative estimate of drug-likeness (QED) is 0.493. The fourth-order valence-electron chi connectivity index (χ4n) is 0.341. The average molecular weight is 130 g/mol. The molecule has 0 atom stereocenters. The van der Waals surface area contributed by atoms with Crippen molar-refractivity contribution in [1.82, 2.24) is 5.32 Å². The predicted octanol–water partition coefficient (Wildman–Crippen LogP) is -1.74. The number of carbonyl (C=O) groups is 2. The SMILES string of the molecule is CNC(=O)CCC(=O)[O-]. The Labute approximate surface area is 52.9 Å². The molecule has 0 unspecified atom stereocenters. The van der Waals surface area contributed by atoms with Crippen LogP contribution in [0.5, 0.6) is 0 Å². The molecule has 1 amide bonds. The van der Waals surface area contributed by atoms with Gasteiger partial charge in [-0.25, -0.2) is 0 Å². The predicted molar refractivity (Wildman–Crippen MR) is 28.3 cm³/mol. The van der Waals surface area contributed by atoms with E-state index in [2.05, 4.69) is 5.32 Å². The summed E-state index contributed by atoms with van der Waals surface area (Å²) < 4.78 is 0. The number of amides is 1. The maximum Gasteiger partial charge on any atom is 0.220 e. The van der Waals surface area contributed by atoms with E-state index in [1.54, 1.807) is 0 Å². The van der Waals surface area contributed by atoms with Gasteiger partial charge in [0.15, 0.2) is 0 Å². The minimum absolute atomic E-state index is 0.00116. The zero-order chi connectivity index (χ0) is 7.28. The van der Waals surface area contributed by atoms with Crippen molar-refractivity contribution in [2.75, 3.05) is 7.05 Å². The Kier molecular flexibility index (Phi) is 3.43. The van der Waals surface area contributed by atoms with E-state index in [4.69, 9.17) is 0 Å². The molecule has 0 aromatic rings. The number of carboxylic acids is 1. The van der Waals surface area contributed by atoms with Crippen LogP contribution in [0.2, 0.25) is 0 Å². The van der Waals surface area contributed by atoms with E-state index < -0.39 is 5.97 Å². The number of hydrogen-bond acceptors (Lipinski definition) is 3. The minimum Gasteiger partial charge on any atom is -0.550 e. The van der Waals surface area contributed by atoms with Crippen molar-refractivity contribution in [3.63, 3.8) is 0 Å². The second-order valence-electron chi connectivity index (χ2n) is 1.55. The van der Waals surface area contributed by atoms with Gasteiger partial charge in [0.05, 0.1) is 0 Å². The summed E-state index contributed by atoms with van der Waals surface area (Å²) in [5, 5.41) is 12.0. The van der Waals surface area contributed by atoms with Crippen LogP contribution in [-0.4, -0.2) is 18.9 Å². The first-order chi connectivity index (χ1) is 4.16. The lowest BCUT2D eigenvalue weighted by atomic mass is 10.3. The zero-order valence-corrected chi connectivity index (χ0v) is 5.14. The fourth-order valence-corrected chi connectivity index (χ4v) is 0.341.